The fourth-order valence-electron chi connectivity index (χ4n) is 2.02. The summed E-state index contributed by atoms with van der Waals surface area (Å²) in [6.45, 7) is 2.02. The second kappa shape index (κ2) is 6.25. The van der Waals surface area contributed by atoms with E-state index < -0.39 is 7.37 Å². The van der Waals surface area contributed by atoms with E-state index in [2.05, 4.69) is 0 Å². The molecular formula is C16H21NO2P+. The molecule has 0 aliphatic carbocycles. The summed E-state index contributed by atoms with van der Waals surface area (Å²) in [5.41, 5.74) is 1.16. The van der Waals surface area contributed by atoms with Crippen molar-refractivity contribution in [3.05, 3.63) is 60.2 Å². The van der Waals surface area contributed by atoms with E-state index in [-0.39, 0.29) is 0 Å². The van der Waals surface area contributed by atoms with Gasteiger partial charge in [-0.25, -0.2) is 0 Å². The van der Waals surface area contributed by atoms with Gasteiger partial charge in [0.1, 0.15) is 5.75 Å². The lowest BCUT2D eigenvalue weighted by atomic mass is 10.2. The molecule has 1 atom stereocenters. The van der Waals surface area contributed by atoms with Crippen molar-refractivity contribution in [1.82, 2.24) is 0 Å². The van der Waals surface area contributed by atoms with Crippen molar-refractivity contribution < 1.29 is 14.0 Å². The van der Waals surface area contributed by atoms with Gasteiger partial charge in [0.15, 0.2) is 6.29 Å². The zero-order chi connectivity index (χ0) is 14.6. The molecule has 0 aliphatic rings. The van der Waals surface area contributed by atoms with Gasteiger partial charge in [0.25, 0.3) is 0 Å². The molecule has 0 saturated carbocycles. The van der Waals surface area contributed by atoms with E-state index in [0.29, 0.717) is 12.0 Å². The van der Waals surface area contributed by atoms with Gasteiger partial charge in [0, 0.05) is 0 Å². The quantitative estimate of drug-likeness (QED) is 0.855. The van der Waals surface area contributed by atoms with Gasteiger partial charge in [0.05, 0.1) is 19.4 Å². The molecule has 0 bridgehead atoms. The van der Waals surface area contributed by atoms with E-state index in [0.717, 1.165) is 15.8 Å². The van der Waals surface area contributed by atoms with E-state index in [1.165, 1.54) is 0 Å². The largest absolute Gasteiger partial charge is 0.436 e. The Bertz CT molecular complexity index is 594. The maximum absolute atomic E-state index is 13.2. The number of hydrogen-bond donors (Lipinski definition) is 1. The third-order valence-corrected chi connectivity index (χ3v) is 5.59. The van der Waals surface area contributed by atoms with Gasteiger partial charge in [-0.3, -0.25) is 4.57 Å². The van der Waals surface area contributed by atoms with Crippen LogP contribution < -0.4 is 14.7 Å². The molecule has 0 aliphatic heterocycles. The molecule has 0 radical (unpaired) electrons. The second-order valence-electron chi connectivity index (χ2n) is 5.28. The van der Waals surface area contributed by atoms with E-state index >= 15 is 0 Å². The van der Waals surface area contributed by atoms with Crippen molar-refractivity contribution in [2.45, 2.75) is 6.92 Å². The summed E-state index contributed by atoms with van der Waals surface area (Å²) in [5.74, 6) is 0.657. The normalized spacial score (nSPS) is 14.0. The summed E-state index contributed by atoms with van der Waals surface area (Å²) in [4.78, 5) is 1.10. The van der Waals surface area contributed by atoms with Crippen molar-refractivity contribution in [2.75, 3.05) is 20.4 Å². The molecule has 0 saturated heterocycles. The molecule has 1 unspecified atom stereocenters. The third kappa shape index (κ3) is 3.72. The molecule has 20 heavy (non-hydrogen) atoms. The predicted molar refractivity (Wildman–Crippen MR) is 83.2 cm³/mol. The molecule has 2 rings (SSSR count). The van der Waals surface area contributed by atoms with Gasteiger partial charge in [-0.05, 0) is 31.2 Å². The van der Waals surface area contributed by atoms with Crippen molar-refractivity contribution in [3.63, 3.8) is 0 Å². The Morgan fingerprint density at radius 1 is 1.00 bits per heavy atom. The minimum atomic E-state index is -2.90. The van der Waals surface area contributed by atoms with E-state index in [1.807, 2.05) is 75.6 Å². The van der Waals surface area contributed by atoms with Gasteiger partial charge in [-0.2, -0.15) is 0 Å². The van der Waals surface area contributed by atoms with Crippen LogP contribution >= 0.6 is 7.37 Å². The third-order valence-electron chi connectivity index (χ3n) is 2.95. The molecule has 4 heteroatoms. The topological polar surface area (TPSA) is 30.7 Å². The highest BCUT2D eigenvalue weighted by molar-refractivity contribution is 7.67. The molecule has 2 aromatic rings. The van der Waals surface area contributed by atoms with Crippen LogP contribution in [0.15, 0.2) is 54.6 Å². The Morgan fingerprint density at radius 2 is 1.60 bits per heavy atom. The van der Waals surface area contributed by atoms with Crippen molar-refractivity contribution in [3.8, 4) is 5.75 Å². The number of nitrogens with one attached hydrogen (secondary N) is 1. The van der Waals surface area contributed by atoms with Crippen LogP contribution in [0.25, 0.3) is 0 Å². The van der Waals surface area contributed by atoms with Gasteiger partial charge in [-0.15, -0.1) is 0 Å². The van der Waals surface area contributed by atoms with Crippen molar-refractivity contribution in [2.24, 2.45) is 0 Å². The van der Waals surface area contributed by atoms with Crippen LogP contribution in [0.4, 0.5) is 0 Å². The van der Waals surface area contributed by atoms with Crippen LogP contribution in [-0.4, -0.2) is 20.4 Å². The minimum absolute atomic E-state index is 0.463. The average Bonchev–Trinajstić information content (AvgIpc) is 2.42. The Balaban J connectivity index is 2.33. The van der Waals surface area contributed by atoms with Crippen LogP contribution in [0.2, 0.25) is 0 Å². The highest BCUT2D eigenvalue weighted by Gasteiger charge is 2.30. The smallest absolute Gasteiger partial charge is 0.329 e. The van der Waals surface area contributed by atoms with Crippen LogP contribution in [-0.2, 0) is 4.57 Å². The molecular weight excluding hydrogens is 269 g/mol. The molecule has 1 N–H and O–H groups in total. The molecule has 0 aromatic heterocycles. The molecule has 0 fully saturated rings. The summed E-state index contributed by atoms with van der Waals surface area (Å²) in [6, 6.07) is 17.1. The summed E-state index contributed by atoms with van der Waals surface area (Å²) < 4.78 is 19.1. The van der Waals surface area contributed by atoms with Crippen LogP contribution in [0, 0.1) is 6.92 Å². The van der Waals surface area contributed by atoms with Crippen molar-refractivity contribution in [1.29, 1.82) is 0 Å². The van der Waals surface area contributed by atoms with Gasteiger partial charge in [0.2, 0.25) is 0 Å². The second-order valence-corrected chi connectivity index (χ2v) is 7.64. The van der Waals surface area contributed by atoms with E-state index in [4.69, 9.17) is 4.52 Å². The maximum atomic E-state index is 13.2. The summed E-state index contributed by atoms with van der Waals surface area (Å²) >= 11 is 0. The standard InChI is InChI=1S/C16H20NO2P/c1-14-9-11-15(12-10-14)19-20(18,13-17(2)3)16-7-5-4-6-8-16/h4-12H,13H2,1-3H3/p+1. The fraction of sp³-hybridized carbons (Fsp3) is 0.250. The zero-order valence-electron chi connectivity index (χ0n) is 12.2. The predicted octanol–water partition coefficient (Wildman–Crippen LogP) is 2.08. The van der Waals surface area contributed by atoms with Crippen LogP contribution in [0.1, 0.15) is 5.56 Å². The Hall–Kier alpha value is -1.57. The van der Waals surface area contributed by atoms with Gasteiger partial charge < -0.3 is 9.42 Å². The van der Waals surface area contributed by atoms with Crippen molar-refractivity contribution >= 4 is 12.7 Å². The Kier molecular flexibility index (Phi) is 4.64. The van der Waals surface area contributed by atoms with Gasteiger partial charge in [-0.1, -0.05) is 35.9 Å². The monoisotopic (exact) mass is 290 g/mol. The highest BCUT2D eigenvalue weighted by atomic mass is 31.2. The first-order valence-electron chi connectivity index (χ1n) is 6.69. The van der Waals surface area contributed by atoms with Crippen LogP contribution in [0.5, 0.6) is 5.75 Å². The fourth-order valence-corrected chi connectivity index (χ4v) is 4.29. The van der Waals surface area contributed by atoms with Crippen LogP contribution in [0.3, 0.4) is 0 Å². The molecule has 2 aromatic carbocycles. The number of quaternary nitrogens is 1. The number of hydrogen-bond acceptors (Lipinski definition) is 2. The number of benzene rings is 2. The number of aryl methyl sites for hydroxylation is 1. The first-order chi connectivity index (χ1) is 9.49. The molecule has 0 heterocycles. The molecule has 0 spiro atoms. The lowest BCUT2D eigenvalue weighted by Gasteiger charge is -2.21. The van der Waals surface area contributed by atoms with E-state index in [1.54, 1.807) is 0 Å². The molecule has 106 valence electrons. The Labute approximate surface area is 120 Å². The average molecular weight is 290 g/mol. The summed E-state index contributed by atoms with van der Waals surface area (Å²) in [5, 5.41) is 0.766. The van der Waals surface area contributed by atoms with Gasteiger partial charge >= 0.3 is 7.37 Å². The lowest BCUT2D eigenvalue weighted by molar-refractivity contribution is -0.845. The minimum Gasteiger partial charge on any atom is -0.436 e. The molecule has 3 nitrogen and oxygen atoms in total. The Morgan fingerprint density at radius 3 is 2.15 bits per heavy atom. The first kappa shape index (κ1) is 14.8. The summed E-state index contributed by atoms with van der Waals surface area (Å²) in [7, 11) is 1.06. The highest BCUT2D eigenvalue weighted by Crippen LogP contribution is 2.44. The number of rotatable bonds is 5. The zero-order valence-corrected chi connectivity index (χ0v) is 13.1. The lowest BCUT2D eigenvalue weighted by Crippen LogP contribution is -3.05. The maximum Gasteiger partial charge on any atom is 0.329 e. The summed E-state index contributed by atoms with van der Waals surface area (Å²) in [6.07, 6.45) is 0.463. The first-order valence-corrected chi connectivity index (χ1v) is 8.50. The van der Waals surface area contributed by atoms with E-state index in [9.17, 15) is 4.57 Å². The SMILES string of the molecule is Cc1ccc(OP(=O)(C[NH+](C)C)c2ccccc2)cc1. The molecule has 0 amide bonds.